The lowest BCUT2D eigenvalue weighted by Crippen LogP contribution is -2.37. The first-order valence-corrected chi connectivity index (χ1v) is 9.28. The van der Waals surface area contributed by atoms with Crippen LogP contribution in [0.2, 0.25) is 0 Å². The lowest BCUT2D eigenvalue weighted by molar-refractivity contribution is -0.140. The maximum Gasteiger partial charge on any atom is 0.295 e. The smallest absolute Gasteiger partial charge is 0.295 e. The van der Waals surface area contributed by atoms with Crippen molar-refractivity contribution in [3.05, 3.63) is 65.4 Å². The lowest BCUT2D eigenvalue weighted by atomic mass is 9.99. The molecule has 6 nitrogen and oxygen atoms in total. The highest BCUT2D eigenvalue weighted by atomic mass is 19.1. The molecule has 0 bridgehead atoms. The summed E-state index contributed by atoms with van der Waals surface area (Å²) in [6.45, 7) is 6.60. The van der Waals surface area contributed by atoms with Gasteiger partial charge in [0.15, 0.2) is 0 Å². The molecule has 148 valence electrons. The monoisotopic (exact) mass is 386 g/mol. The second-order valence-electron chi connectivity index (χ2n) is 6.54. The van der Waals surface area contributed by atoms with E-state index in [9.17, 15) is 19.1 Å². The first-order chi connectivity index (χ1) is 13.5. The van der Waals surface area contributed by atoms with Crippen molar-refractivity contribution >= 4 is 17.4 Å². The van der Waals surface area contributed by atoms with Crippen LogP contribution in [-0.2, 0) is 9.59 Å². The fourth-order valence-electron chi connectivity index (χ4n) is 3.41. The van der Waals surface area contributed by atoms with Crippen molar-refractivity contribution in [2.24, 2.45) is 0 Å². The van der Waals surface area contributed by atoms with Gasteiger partial charge in [-0.15, -0.1) is 0 Å². The number of amides is 1. The van der Waals surface area contributed by atoms with Crippen molar-refractivity contribution in [3.63, 3.8) is 0 Å². The molecule has 0 unspecified atom stereocenters. The minimum atomic E-state index is -0.824. The van der Waals surface area contributed by atoms with E-state index in [1.807, 2.05) is 13.8 Å². The summed E-state index contributed by atoms with van der Waals surface area (Å²) < 4.78 is 18.7. The average molecular weight is 386 g/mol. The molecule has 1 fully saturated rings. The minimum Gasteiger partial charge on any atom is -0.507 e. The minimum absolute atomic E-state index is 0.0499. The maximum atomic E-state index is 13.2. The molecule has 3 rings (SSSR count). The molecule has 2 aromatic rings. The number of aliphatic hydroxyl groups is 1. The molecule has 0 spiro atoms. The van der Waals surface area contributed by atoms with Crippen LogP contribution >= 0.6 is 0 Å². The Labute approximate surface area is 162 Å². The molecule has 1 saturated heterocycles. The normalized spacial score (nSPS) is 19.0. The highest BCUT2D eigenvalue weighted by molar-refractivity contribution is 6.46. The van der Waals surface area contributed by atoms with E-state index in [1.165, 1.54) is 35.4 Å². The predicted octanol–water partition coefficient (Wildman–Crippen LogP) is 3.18. The fourth-order valence-corrected chi connectivity index (χ4v) is 3.41. The summed E-state index contributed by atoms with van der Waals surface area (Å²) in [5.74, 6) is -1.87. The van der Waals surface area contributed by atoms with Gasteiger partial charge in [-0.05, 0) is 49.5 Å². The van der Waals surface area contributed by atoms with E-state index in [1.54, 1.807) is 12.1 Å². The topological polar surface area (TPSA) is 74.0 Å². The Kier molecular flexibility index (Phi) is 5.94. The van der Waals surface area contributed by atoms with Crippen LogP contribution < -0.4 is 0 Å². The van der Waals surface area contributed by atoms with Crippen molar-refractivity contribution in [1.82, 2.24) is 9.80 Å². The second-order valence-corrected chi connectivity index (χ2v) is 6.54. The van der Waals surface area contributed by atoms with Crippen LogP contribution in [0.15, 0.2) is 52.7 Å². The number of nitrogens with zero attached hydrogens (tertiary/aromatic N) is 2. The Morgan fingerprint density at radius 3 is 2.43 bits per heavy atom. The molecule has 7 heteroatoms. The van der Waals surface area contributed by atoms with Crippen LogP contribution in [0.1, 0.15) is 31.2 Å². The molecule has 1 aliphatic heterocycles. The van der Waals surface area contributed by atoms with E-state index < -0.39 is 23.5 Å². The first kappa shape index (κ1) is 19.8. The van der Waals surface area contributed by atoms with Crippen LogP contribution in [-0.4, -0.2) is 52.8 Å². The number of ketones is 1. The van der Waals surface area contributed by atoms with E-state index in [2.05, 4.69) is 4.90 Å². The number of rotatable bonds is 7. The third-order valence-corrected chi connectivity index (χ3v) is 5.02. The van der Waals surface area contributed by atoms with Gasteiger partial charge in [0.25, 0.3) is 11.7 Å². The van der Waals surface area contributed by atoms with Crippen molar-refractivity contribution in [2.75, 3.05) is 26.2 Å². The number of halogens is 1. The van der Waals surface area contributed by atoms with Gasteiger partial charge in [0.1, 0.15) is 23.4 Å². The maximum absolute atomic E-state index is 13.2. The summed E-state index contributed by atoms with van der Waals surface area (Å²) in [4.78, 5) is 29.0. The van der Waals surface area contributed by atoms with E-state index in [-0.39, 0.29) is 16.9 Å². The molecule has 28 heavy (non-hydrogen) atoms. The summed E-state index contributed by atoms with van der Waals surface area (Å²) >= 11 is 0. The van der Waals surface area contributed by atoms with Gasteiger partial charge in [0, 0.05) is 18.7 Å². The molecule has 1 amide bonds. The number of likely N-dealkylation sites (N-methyl/N-ethyl adjacent to an activating group) is 1. The molecule has 1 N–H and O–H groups in total. The van der Waals surface area contributed by atoms with Gasteiger partial charge < -0.3 is 19.3 Å². The third kappa shape index (κ3) is 3.71. The highest BCUT2D eigenvalue weighted by Crippen LogP contribution is 2.39. The zero-order valence-corrected chi connectivity index (χ0v) is 15.9. The van der Waals surface area contributed by atoms with Crippen molar-refractivity contribution in [2.45, 2.75) is 19.9 Å². The number of Topliss-reactive ketones (excluding diaryl/α,β-unsaturated/α-hetero) is 1. The summed E-state index contributed by atoms with van der Waals surface area (Å²) in [6.07, 6.45) is 1.46. The summed E-state index contributed by atoms with van der Waals surface area (Å²) in [5.41, 5.74) is 0.214. The highest BCUT2D eigenvalue weighted by Gasteiger charge is 2.47. The molecule has 0 saturated carbocycles. The number of benzene rings is 1. The Balaban J connectivity index is 2.03. The van der Waals surface area contributed by atoms with E-state index >= 15 is 0 Å². The van der Waals surface area contributed by atoms with Gasteiger partial charge >= 0.3 is 0 Å². The van der Waals surface area contributed by atoms with E-state index in [0.717, 1.165) is 13.1 Å². The molecule has 0 aliphatic carbocycles. The van der Waals surface area contributed by atoms with Gasteiger partial charge in [-0.3, -0.25) is 9.59 Å². The van der Waals surface area contributed by atoms with Gasteiger partial charge in [0.05, 0.1) is 11.8 Å². The standard InChI is InChI=1S/C21H23FN2O4/c1-3-23(4-2)11-12-24-18(16-6-5-13-28-16)17(20(26)21(24)27)19(25)14-7-9-15(22)10-8-14/h5-10,13,18,25H,3-4,11-12H2,1-2H3/b19-17+/t18-/m0/s1. The molecule has 2 heterocycles. The predicted molar refractivity (Wildman–Crippen MR) is 102 cm³/mol. The Morgan fingerprint density at radius 2 is 1.86 bits per heavy atom. The largest absolute Gasteiger partial charge is 0.507 e. The van der Waals surface area contributed by atoms with Crippen LogP contribution in [0.25, 0.3) is 5.76 Å². The average Bonchev–Trinajstić information content (AvgIpc) is 3.31. The third-order valence-electron chi connectivity index (χ3n) is 5.02. The van der Waals surface area contributed by atoms with E-state index in [0.29, 0.717) is 18.8 Å². The van der Waals surface area contributed by atoms with Gasteiger partial charge in [-0.1, -0.05) is 13.8 Å². The number of carbonyl (C=O) groups is 2. The van der Waals surface area contributed by atoms with Crippen LogP contribution in [0.4, 0.5) is 4.39 Å². The van der Waals surface area contributed by atoms with Crippen molar-refractivity contribution in [3.8, 4) is 0 Å². The Hall–Kier alpha value is -2.93. The van der Waals surface area contributed by atoms with Gasteiger partial charge in [-0.25, -0.2) is 4.39 Å². The van der Waals surface area contributed by atoms with Crippen LogP contribution in [0, 0.1) is 5.82 Å². The van der Waals surface area contributed by atoms with Crippen LogP contribution in [0.5, 0.6) is 0 Å². The number of hydrogen-bond donors (Lipinski definition) is 1. The summed E-state index contributed by atoms with van der Waals surface area (Å²) in [6, 6.07) is 7.62. The molecule has 1 aromatic heterocycles. The Bertz CT molecular complexity index is 870. The Morgan fingerprint density at radius 1 is 1.18 bits per heavy atom. The lowest BCUT2D eigenvalue weighted by Gasteiger charge is -2.26. The number of likely N-dealkylation sites (tertiary alicyclic amines) is 1. The summed E-state index contributed by atoms with van der Waals surface area (Å²) in [5, 5.41) is 10.8. The second kappa shape index (κ2) is 8.39. The molecular formula is C21H23FN2O4. The first-order valence-electron chi connectivity index (χ1n) is 9.28. The number of carbonyl (C=O) groups excluding carboxylic acids is 2. The molecule has 1 atom stereocenters. The molecule has 1 aliphatic rings. The van der Waals surface area contributed by atoms with Gasteiger partial charge in [-0.2, -0.15) is 0 Å². The molecule has 1 aromatic carbocycles. The van der Waals surface area contributed by atoms with Crippen molar-refractivity contribution < 1.29 is 23.5 Å². The van der Waals surface area contributed by atoms with Crippen LogP contribution in [0.3, 0.4) is 0 Å². The van der Waals surface area contributed by atoms with Gasteiger partial charge in [0.2, 0.25) is 0 Å². The summed E-state index contributed by atoms with van der Waals surface area (Å²) in [7, 11) is 0. The number of hydrogen-bond acceptors (Lipinski definition) is 5. The molecule has 0 radical (unpaired) electrons. The molecular weight excluding hydrogens is 363 g/mol. The van der Waals surface area contributed by atoms with Crippen molar-refractivity contribution in [1.29, 1.82) is 0 Å². The quantitative estimate of drug-likeness (QED) is 0.449. The number of aliphatic hydroxyl groups excluding tert-OH is 1. The fraction of sp³-hybridized carbons (Fsp3) is 0.333. The zero-order valence-electron chi connectivity index (χ0n) is 15.9. The van der Waals surface area contributed by atoms with E-state index in [4.69, 9.17) is 4.42 Å². The zero-order chi connectivity index (χ0) is 20.3. The number of furan rings is 1. The SMILES string of the molecule is CCN(CC)CCN1C(=O)C(=O)/C(=C(/O)c2ccc(F)cc2)[C@@H]1c1ccco1.